The fourth-order valence-corrected chi connectivity index (χ4v) is 3.41. The van der Waals surface area contributed by atoms with E-state index in [0.717, 1.165) is 20.9 Å². The van der Waals surface area contributed by atoms with Crippen LogP contribution in [0.15, 0.2) is 81.1 Å². The minimum absolute atomic E-state index is 0.563. The summed E-state index contributed by atoms with van der Waals surface area (Å²) in [6.45, 7) is 0. The molecule has 0 bridgehead atoms. The highest BCUT2D eigenvalue weighted by Crippen LogP contribution is 2.25. The van der Waals surface area contributed by atoms with E-state index in [-0.39, 0.29) is 0 Å². The zero-order valence-electron chi connectivity index (χ0n) is 13.0. The van der Waals surface area contributed by atoms with Crippen LogP contribution in [0.4, 0.5) is 0 Å². The molecule has 0 saturated heterocycles. The predicted molar refractivity (Wildman–Crippen MR) is 101 cm³/mol. The first-order chi connectivity index (χ1) is 12.3. The number of hydrogen-bond acceptors (Lipinski definition) is 5. The Morgan fingerprint density at radius 1 is 1.04 bits per heavy atom. The second-order valence-corrected chi connectivity index (χ2v) is 7.08. The van der Waals surface area contributed by atoms with Crippen LogP contribution < -0.4 is 0 Å². The minimum atomic E-state index is 0.563. The van der Waals surface area contributed by atoms with E-state index in [1.165, 1.54) is 0 Å². The Kier molecular flexibility index (Phi) is 4.67. The van der Waals surface area contributed by atoms with Crippen LogP contribution in [0.5, 0.6) is 0 Å². The van der Waals surface area contributed by atoms with Crippen LogP contribution in [-0.4, -0.2) is 19.7 Å². The minimum Gasteiger partial charge on any atom is -0.338 e. The SMILES string of the molecule is Brc1ccc(-n2ccnc2SCc2nc(-c3ccccc3)no2)cc1. The number of thioether (sulfide) groups is 1. The quantitative estimate of drug-likeness (QED) is 0.432. The van der Waals surface area contributed by atoms with Crippen LogP contribution in [0.1, 0.15) is 5.89 Å². The van der Waals surface area contributed by atoms with Gasteiger partial charge in [-0.05, 0) is 24.3 Å². The summed E-state index contributed by atoms with van der Waals surface area (Å²) in [6.07, 6.45) is 3.72. The Morgan fingerprint density at radius 3 is 2.64 bits per heavy atom. The molecule has 2 aromatic carbocycles. The molecule has 4 rings (SSSR count). The first-order valence-electron chi connectivity index (χ1n) is 7.60. The van der Waals surface area contributed by atoms with Gasteiger partial charge < -0.3 is 4.52 Å². The summed E-state index contributed by atoms with van der Waals surface area (Å²) < 4.78 is 8.43. The molecule has 0 aliphatic rings. The Balaban J connectivity index is 1.49. The smallest absolute Gasteiger partial charge is 0.237 e. The lowest BCUT2D eigenvalue weighted by molar-refractivity contribution is 0.391. The van der Waals surface area contributed by atoms with Crippen molar-refractivity contribution in [3.63, 3.8) is 0 Å². The van der Waals surface area contributed by atoms with Crippen molar-refractivity contribution in [1.82, 2.24) is 19.7 Å². The molecule has 0 N–H and O–H groups in total. The fraction of sp³-hybridized carbons (Fsp3) is 0.0556. The number of aromatic nitrogens is 4. The topological polar surface area (TPSA) is 56.7 Å². The summed E-state index contributed by atoms with van der Waals surface area (Å²) >= 11 is 5.01. The van der Waals surface area contributed by atoms with Crippen LogP contribution in [0.2, 0.25) is 0 Å². The average Bonchev–Trinajstić information content (AvgIpc) is 3.31. The molecule has 4 aromatic rings. The summed E-state index contributed by atoms with van der Waals surface area (Å²) in [5.74, 6) is 1.74. The molecule has 25 heavy (non-hydrogen) atoms. The molecule has 2 heterocycles. The first kappa shape index (κ1) is 16.1. The summed E-state index contributed by atoms with van der Waals surface area (Å²) in [5.41, 5.74) is 2.00. The van der Waals surface area contributed by atoms with Gasteiger partial charge in [-0.2, -0.15) is 4.98 Å². The first-order valence-corrected chi connectivity index (χ1v) is 9.37. The Labute approximate surface area is 157 Å². The lowest BCUT2D eigenvalue weighted by atomic mass is 10.2. The summed E-state index contributed by atoms with van der Waals surface area (Å²) in [5, 5.41) is 4.92. The monoisotopic (exact) mass is 412 g/mol. The third-order valence-corrected chi connectivity index (χ3v) is 5.02. The molecule has 5 nitrogen and oxygen atoms in total. The molecule has 7 heteroatoms. The van der Waals surface area contributed by atoms with E-state index >= 15 is 0 Å². The zero-order chi connectivity index (χ0) is 17.1. The molecular weight excluding hydrogens is 400 g/mol. The number of nitrogens with zero attached hydrogens (tertiary/aromatic N) is 4. The standard InChI is InChI=1S/C18H13BrN4OS/c19-14-6-8-15(9-7-14)23-11-10-20-18(23)25-12-16-21-17(22-24-16)13-4-2-1-3-5-13/h1-11H,12H2. The molecule has 0 radical (unpaired) electrons. The van der Waals surface area contributed by atoms with Crippen LogP contribution in [0, 0.1) is 0 Å². The van der Waals surface area contributed by atoms with E-state index in [0.29, 0.717) is 17.5 Å². The third kappa shape index (κ3) is 3.67. The summed E-state index contributed by atoms with van der Waals surface area (Å²) in [4.78, 5) is 8.87. The second kappa shape index (κ2) is 7.25. The van der Waals surface area contributed by atoms with E-state index in [2.05, 4.69) is 31.1 Å². The highest BCUT2D eigenvalue weighted by molar-refractivity contribution is 9.10. The van der Waals surface area contributed by atoms with Crippen molar-refractivity contribution >= 4 is 27.7 Å². The van der Waals surface area contributed by atoms with Crippen molar-refractivity contribution in [2.45, 2.75) is 10.9 Å². The number of benzene rings is 2. The van der Waals surface area contributed by atoms with Crippen molar-refractivity contribution < 1.29 is 4.52 Å². The molecule has 2 aromatic heterocycles. The summed E-state index contributed by atoms with van der Waals surface area (Å²) in [7, 11) is 0. The molecule has 124 valence electrons. The van der Waals surface area contributed by atoms with Gasteiger partial charge >= 0.3 is 0 Å². The summed E-state index contributed by atoms with van der Waals surface area (Å²) in [6, 6.07) is 17.9. The van der Waals surface area contributed by atoms with E-state index < -0.39 is 0 Å². The average molecular weight is 413 g/mol. The normalized spacial score (nSPS) is 10.9. The van der Waals surface area contributed by atoms with Gasteiger partial charge in [-0.25, -0.2) is 4.98 Å². The lowest BCUT2D eigenvalue weighted by Gasteiger charge is -2.06. The van der Waals surface area contributed by atoms with E-state index in [9.17, 15) is 0 Å². The molecule has 0 aliphatic heterocycles. The van der Waals surface area contributed by atoms with Crippen molar-refractivity contribution in [2.75, 3.05) is 0 Å². The van der Waals surface area contributed by atoms with Gasteiger partial charge in [0.2, 0.25) is 11.7 Å². The maximum Gasteiger partial charge on any atom is 0.237 e. The van der Waals surface area contributed by atoms with Crippen LogP contribution in [-0.2, 0) is 5.75 Å². The van der Waals surface area contributed by atoms with Crippen LogP contribution in [0.25, 0.3) is 17.1 Å². The molecular formula is C18H13BrN4OS. The highest BCUT2D eigenvalue weighted by atomic mass is 79.9. The Morgan fingerprint density at radius 2 is 1.84 bits per heavy atom. The van der Waals surface area contributed by atoms with Gasteiger partial charge in [0.25, 0.3) is 0 Å². The van der Waals surface area contributed by atoms with Crippen LogP contribution in [0.3, 0.4) is 0 Å². The zero-order valence-corrected chi connectivity index (χ0v) is 15.4. The number of rotatable bonds is 5. The van der Waals surface area contributed by atoms with Crippen molar-refractivity contribution in [3.8, 4) is 17.1 Å². The maximum absolute atomic E-state index is 5.35. The fourth-order valence-electron chi connectivity index (χ4n) is 2.34. The Hall–Kier alpha value is -2.38. The second-order valence-electron chi connectivity index (χ2n) is 5.22. The Bertz CT molecular complexity index is 966. The van der Waals surface area contributed by atoms with Crippen LogP contribution >= 0.6 is 27.7 Å². The molecule has 0 saturated carbocycles. The van der Waals surface area contributed by atoms with Gasteiger partial charge in [0, 0.05) is 28.1 Å². The van der Waals surface area contributed by atoms with Gasteiger partial charge in [-0.1, -0.05) is 63.2 Å². The van der Waals surface area contributed by atoms with Crippen molar-refractivity contribution in [3.05, 3.63) is 77.4 Å². The van der Waals surface area contributed by atoms with E-state index in [1.54, 1.807) is 18.0 Å². The molecule has 0 spiro atoms. The molecule has 0 atom stereocenters. The van der Waals surface area contributed by atoms with Gasteiger partial charge in [-0.15, -0.1) is 0 Å². The van der Waals surface area contributed by atoms with Gasteiger partial charge in [0.1, 0.15) is 0 Å². The van der Waals surface area contributed by atoms with Crippen molar-refractivity contribution in [2.24, 2.45) is 0 Å². The van der Waals surface area contributed by atoms with Gasteiger partial charge in [0.15, 0.2) is 5.16 Å². The predicted octanol–water partition coefficient (Wildman–Crippen LogP) is 4.98. The highest BCUT2D eigenvalue weighted by Gasteiger charge is 2.11. The number of hydrogen-bond donors (Lipinski definition) is 0. The van der Waals surface area contributed by atoms with Gasteiger partial charge in [0.05, 0.1) is 5.75 Å². The largest absolute Gasteiger partial charge is 0.338 e. The van der Waals surface area contributed by atoms with Gasteiger partial charge in [-0.3, -0.25) is 4.57 Å². The number of halogens is 1. The molecule has 0 aliphatic carbocycles. The number of imidazole rings is 1. The molecule has 0 amide bonds. The molecule has 0 unspecified atom stereocenters. The third-order valence-electron chi connectivity index (χ3n) is 3.54. The lowest BCUT2D eigenvalue weighted by Crippen LogP contribution is -1.95. The van der Waals surface area contributed by atoms with E-state index in [4.69, 9.17) is 4.52 Å². The van der Waals surface area contributed by atoms with E-state index in [1.807, 2.05) is 65.4 Å². The van der Waals surface area contributed by atoms with Crippen molar-refractivity contribution in [1.29, 1.82) is 0 Å². The molecule has 0 fully saturated rings. The maximum atomic E-state index is 5.35.